The van der Waals surface area contributed by atoms with Crippen LogP contribution >= 0.6 is 0 Å². The molecule has 31 heavy (non-hydrogen) atoms. The Hall–Kier alpha value is -3.64. The predicted octanol–water partition coefficient (Wildman–Crippen LogP) is 2.61. The summed E-state index contributed by atoms with van der Waals surface area (Å²) in [5, 5.41) is 39.6. The van der Waals surface area contributed by atoms with Crippen LogP contribution in [-0.4, -0.2) is 33.5 Å². The molecular weight excluding hydrogens is 398 g/mol. The first-order valence-electron chi connectivity index (χ1n) is 10.0. The van der Waals surface area contributed by atoms with Gasteiger partial charge < -0.3 is 20.4 Å². The zero-order valence-corrected chi connectivity index (χ0v) is 17.3. The fourth-order valence-electron chi connectivity index (χ4n) is 3.94. The van der Waals surface area contributed by atoms with E-state index in [4.69, 9.17) is 10.00 Å². The quantitative estimate of drug-likeness (QED) is 0.379. The maximum Gasteiger partial charge on any atom is 0.321 e. The number of nitriles is 1. The minimum atomic E-state index is -1.25. The third kappa shape index (κ3) is 3.90. The van der Waals surface area contributed by atoms with E-state index in [9.17, 15) is 15.1 Å². The van der Waals surface area contributed by atoms with E-state index >= 15 is 0 Å². The molecule has 1 saturated carbocycles. The second-order valence-electron chi connectivity index (χ2n) is 7.90. The summed E-state index contributed by atoms with van der Waals surface area (Å²) >= 11 is 0. The highest BCUT2D eigenvalue weighted by Crippen LogP contribution is 2.36. The summed E-state index contributed by atoms with van der Waals surface area (Å²) < 4.78 is 7.86. The normalized spacial score (nSPS) is 20.9. The van der Waals surface area contributed by atoms with Crippen molar-refractivity contribution in [1.29, 1.82) is 5.26 Å². The Morgan fingerprint density at radius 2 is 2.16 bits per heavy atom. The van der Waals surface area contributed by atoms with Crippen molar-refractivity contribution in [3.8, 4) is 11.8 Å². The van der Waals surface area contributed by atoms with Gasteiger partial charge in [0.25, 0.3) is 5.69 Å². The van der Waals surface area contributed by atoms with Crippen LogP contribution in [0, 0.1) is 23.5 Å². The van der Waals surface area contributed by atoms with Crippen LogP contribution in [0.15, 0.2) is 36.5 Å². The Kier molecular flexibility index (Phi) is 5.25. The van der Waals surface area contributed by atoms with Gasteiger partial charge in [0.05, 0.1) is 30.4 Å². The smallest absolute Gasteiger partial charge is 0.321 e. The van der Waals surface area contributed by atoms with Gasteiger partial charge >= 0.3 is 5.91 Å². The molecule has 1 aliphatic carbocycles. The molecule has 160 valence electrons. The lowest BCUT2D eigenvalue weighted by Crippen LogP contribution is -2.39. The molecule has 0 radical (unpaired) electrons. The van der Waals surface area contributed by atoms with Gasteiger partial charge in [-0.3, -0.25) is 9.48 Å². The number of ether oxygens (including phenoxy) is 1. The Balaban J connectivity index is 1.61. The molecule has 1 fully saturated rings. The molecule has 0 bridgehead atoms. The number of aliphatic hydroxyl groups is 1. The third-order valence-electron chi connectivity index (χ3n) is 5.82. The van der Waals surface area contributed by atoms with E-state index in [2.05, 4.69) is 10.4 Å². The van der Waals surface area contributed by atoms with Crippen molar-refractivity contribution in [3.05, 3.63) is 53.1 Å². The Labute approximate surface area is 179 Å². The van der Waals surface area contributed by atoms with Gasteiger partial charge in [0, 0.05) is 36.7 Å². The van der Waals surface area contributed by atoms with Crippen LogP contribution in [-0.2, 0) is 0 Å². The largest absolute Gasteiger partial charge is 0.618 e. The molecule has 0 spiro atoms. The lowest BCUT2D eigenvalue weighted by atomic mass is 9.83. The lowest BCUT2D eigenvalue weighted by molar-refractivity contribution is -0.614. The van der Waals surface area contributed by atoms with Crippen molar-refractivity contribution in [2.75, 3.05) is 12.4 Å². The number of nitrogens with zero attached hydrogens (tertiary/aromatic N) is 4. The number of aromatic nitrogens is 3. The van der Waals surface area contributed by atoms with Crippen LogP contribution in [0.3, 0.4) is 0 Å². The van der Waals surface area contributed by atoms with E-state index in [0.29, 0.717) is 53.1 Å². The van der Waals surface area contributed by atoms with Crippen LogP contribution in [0.25, 0.3) is 10.9 Å². The summed E-state index contributed by atoms with van der Waals surface area (Å²) in [6, 6.07) is 10.3. The average Bonchev–Trinajstić information content (AvgIpc) is 3.18. The molecule has 2 heterocycles. The van der Waals surface area contributed by atoms with E-state index in [1.807, 2.05) is 16.9 Å². The van der Waals surface area contributed by atoms with Gasteiger partial charge in [-0.05, 0) is 37.8 Å². The third-order valence-corrected chi connectivity index (χ3v) is 5.82. The molecular formula is C22H23N5O4. The SMILES string of the molecule is COc1cc2nn(C3CCC(O)(C#N)CC3)cc2cc1NC(=O)c1cccc(C)[n+]1[O-]. The van der Waals surface area contributed by atoms with Crippen molar-refractivity contribution >= 4 is 22.5 Å². The predicted molar refractivity (Wildman–Crippen MR) is 112 cm³/mol. The maximum absolute atomic E-state index is 12.7. The molecule has 1 aromatic carbocycles. The average molecular weight is 421 g/mol. The molecule has 2 N–H and O–H groups in total. The second kappa shape index (κ2) is 7.89. The van der Waals surface area contributed by atoms with Crippen LogP contribution in [0.1, 0.15) is 47.9 Å². The fourth-order valence-corrected chi connectivity index (χ4v) is 3.94. The first-order chi connectivity index (χ1) is 14.8. The zero-order valence-electron chi connectivity index (χ0n) is 17.3. The van der Waals surface area contributed by atoms with Gasteiger partial charge in [0.2, 0.25) is 0 Å². The van der Waals surface area contributed by atoms with Gasteiger partial charge in [0.15, 0.2) is 11.3 Å². The van der Waals surface area contributed by atoms with Gasteiger partial charge in [-0.2, -0.15) is 15.1 Å². The van der Waals surface area contributed by atoms with E-state index in [0.717, 1.165) is 5.39 Å². The van der Waals surface area contributed by atoms with E-state index in [1.54, 1.807) is 31.2 Å². The number of hydrogen-bond acceptors (Lipinski definition) is 6. The summed E-state index contributed by atoms with van der Waals surface area (Å²) in [5.41, 5.74) is 0.295. The number of pyridine rings is 1. The molecule has 2 aromatic heterocycles. The number of aryl methyl sites for hydroxylation is 1. The number of methoxy groups -OCH3 is 1. The molecule has 0 atom stereocenters. The van der Waals surface area contributed by atoms with Gasteiger partial charge in [-0.15, -0.1) is 0 Å². The number of rotatable bonds is 4. The van der Waals surface area contributed by atoms with Gasteiger partial charge in [0.1, 0.15) is 5.75 Å². The van der Waals surface area contributed by atoms with Crippen molar-refractivity contribution in [3.63, 3.8) is 0 Å². The number of amides is 1. The number of hydrogen-bond donors (Lipinski definition) is 2. The molecule has 0 aliphatic heterocycles. The van der Waals surface area contributed by atoms with Crippen LogP contribution in [0.2, 0.25) is 0 Å². The number of anilines is 1. The minimum absolute atomic E-state index is 0.00923. The molecule has 9 heteroatoms. The highest BCUT2D eigenvalue weighted by Gasteiger charge is 2.34. The Morgan fingerprint density at radius 3 is 2.84 bits per heavy atom. The summed E-state index contributed by atoms with van der Waals surface area (Å²) in [6.45, 7) is 1.63. The lowest BCUT2D eigenvalue weighted by Gasteiger charge is -2.30. The fraction of sp³-hybridized carbons (Fsp3) is 0.364. The Bertz CT molecular complexity index is 1190. The van der Waals surface area contributed by atoms with Crippen LogP contribution in [0.4, 0.5) is 5.69 Å². The number of carbonyl (C=O) groups excluding carboxylic acids is 1. The first kappa shape index (κ1) is 20.6. The van der Waals surface area contributed by atoms with Gasteiger partial charge in [-0.1, -0.05) is 0 Å². The monoisotopic (exact) mass is 421 g/mol. The molecule has 3 aromatic rings. The standard InChI is InChI=1S/C22H23N5O4/c1-14-4-3-5-19(27(14)30)21(28)24-18-10-15-12-26(25-17(15)11-20(18)31-2)16-6-8-22(29,13-23)9-7-16/h3-5,10-12,16,29H,6-9H2,1-2H3,(H,24,28). The minimum Gasteiger partial charge on any atom is -0.618 e. The van der Waals surface area contributed by atoms with Crippen molar-refractivity contribution in [2.24, 2.45) is 0 Å². The molecule has 9 nitrogen and oxygen atoms in total. The Morgan fingerprint density at radius 1 is 1.42 bits per heavy atom. The topological polar surface area (TPSA) is 127 Å². The molecule has 4 rings (SSSR count). The summed E-state index contributed by atoms with van der Waals surface area (Å²) in [4.78, 5) is 12.7. The van der Waals surface area contributed by atoms with E-state index in [1.165, 1.54) is 13.2 Å². The number of nitrogens with one attached hydrogen (secondary N) is 1. The summed E-state index contributed by atoms with van der Waals surface area (Å²) in [6.07, 6.45) is 3.99. The van der Waals surface area contributed by atoms with E-state index in [-0.39, 0.29) is 11.7 Å². The molecule has 0 saturated heterocycles. The van der Waals surface area contributed by atoms with Crippen molar-refractivity contribution < 1.29 is 19.4 Å². The zero-order chi connectivity index (χ0) is 22.2. The van der Waals surface area contributed by atoms with Gasteiger partial charge in [-0.25, -0.2) is 0 Å². The van der Waals surface area contributed by atoms with Crippen LogP contribution < -0.4 is 14.8 Å². The summed E-state index contributed by atoms with van der Waals surface area (Å²) in [5.74, 6) is -0.106. The van der Waals surface area contributed by atoms with Crippen LogP contribution in [0.5, 0.6) is 5.75 Å². The number of carbonyl (C=O) groups is 1. The molecule has 0 unspecified atom stereocenters. The molecule has 1 amide bonds. The maximum atomic E-state index is 12.7. The van der Waals surface area contributed by atoms with E-state index < -0.39 is 11.5 Å². The first-order valence-corrected chi connectivity index (χ1v) is 10.0. The van der Waals surface area contributed by atoms with Crippen molar-refractivity contribution in [2.45, 2.75) is 44.2 Å². The highest BCUT2D eigenvalue weighted by atomic mass is 16.5. The van der Waals surface area contributed by atoms with Crippen molar-refractivity contribution in [1.82, 2.24) is 9.78 Å². The molecule has 1 aliphatic rings. The number of fused-ring (bicyclic) bond motifs is 1. The summed E-state index contributed by atoms with van der Waals surface area (Å²) in [7, 11) is 1.50. The highest BCUT2D eigenvalue weighted by molar-refractivity contribution is 6.04. The second-order valence-corrected chi connectivity index (χ2v) is 7.90. The number of benzene rings is 1.